The molecule has 0 N–H and O–H groups in total. The zero-order valence-electron chi connectivity index (χ0n) is 8.28. The molecule has 1 aromatic carbocycles. The van der Waals surface area contributed by atoms with E-state index in [1.54, 1.807) is 6.07 Å². The lowest BCUT2D eigenvalue weighted by Gasteiger charge is -2.11. The molecule has 0 amide bonds. The molecule has 86 valence electrons. The molecule has 6 heteroatoms. The Morgan fingerprint density at radius 2 is 2.06 bits per heavy atom. The summed E-state index contributed by atoms with van der Waals surface area (Å²) in [5.41, 5.74) is 0.527. The maximum atomic E-state index is 12.1. The normalized spacial score (nSPS) is 12.0. The van der Waals surface area contributed by atoms with E-state index in [9.17, 15) is 8.78 Å². The first kappa shape index (κ1) is 12.7. The molecule has 1 unspecified atom stereocenters. The van der Waals surface area contributed by atoms with Crippen molar-refractivity contribution in [2.45, 2.75) is 11.4 Å². The van der Waals surface area contributed by atoms with Gasteiger partial charge in [-0.2, -0.15) is 14.0 Å². The van der Waals surface area contributed by atoms with Crippen molar-refractivity contribution in [3.63, 3.8) is 0 Å². The van der Waals surface area contributed by atoms with Crippen molar-refractivity contribution in [1.82, 2.24) is 0 Å². The van der Waals surface area contributed by atoms with Crippen molar-refractivity contribution in [2.24, 2.45) is 0 Å². The van der Waals surface area contributed by atoms with Gasteiger partial charge in [0.15, 0.2) is 11.5 Å². The SMILES string of the molecule is COc1ccc(C(Br)C#N)cc1OC(F)F. The molecule has 0 saturated carbocycles. The van der Waals surface area contributed by atoms with Crippen LogP contribution >= 0.6 is 15.9 Å². The topological polar surface area (TPSA) is 42.2 Å². The Hall–Kier alpha value is -1.35. The van der Waals surface area contributed by atoms with Gasteiger partial charge in [-0.05, 0) is 17.7 Å². The highest BCUT2D eigenvalue weighted by Gasteiger charge is 2.14. The van der Waals surface area contributed by atoms with Gasteiger partial charge in [-0.25, -0.2) is 0 Å². The predicted molar refractivity (Wildman–Crippen MR) is 56.9 cm³/mol. The summed E-state index contributed by atoms with van der Waals surface area (Å²) < 4.78 is 33.3. The number of alkyl halides is 3. The lowest BCUT2D eigenvalue weighted by Crippen LogP contribution is -2.04. The first-order chi connectivity index (χ1) is 7.58. The third kappa shape index (κ3) is 3.07. The van der Waals surface area contributed by atoms with Crippen molar-refractivity contribution in [3.8, 4) is 17.6 Å². The molecule has 0 aliphatic carbocycles. The van der Waals surface area contributed by atoms with E-state index in [0.29, 0.717) is 5.56 Å². The molecule has 1 aromatic rings. The molecule has 0 spiro atoms. The molecule has 0 aromatic heterocycles. The second-order valence-electron chi connectivity index (χ2n) is 2.78. The molecule has 0 heterocycles. The van der Waals surface area contributed by atoms with E-state index in [-0.39, 0.29) is 11.5 Å². The Morgan fingerprint density at radius 3 is 2.56 bits per heavy atom. The van der Waals surface area contributed by atoms with Gasteiger partial charge in [0.2, 0.25) is 0 Å². The van der Waals surface area contributed by atoms with Gasteiger partial charge >= 0.3 is 6.61 Å². The smallest absolute Gasteiger partial charge is 0.387 e. The van der Waals surface area contributed by atoms with Crippen LogP contribution in [-0.2, 0) is 0 Å². The fourth-order valence-corrected chi connectivity index (χ4v) is 1.40. The molecular weight excluding hydrogens is 284 g/mol. The largest absolute Gasteiger partial charge is 0.493 e. The van der Waals surface area contributed by atoms with Crippen LogP contribution in [0.1, 0.15) is 10.4 Å². The summed E-state index contributed by atoms with van der Waals surface area (Å²) in [6, 6.07) is 6.34. The van der Waals surface area contributed by atoms with Gasteiger partial charge in [-0.1, -0.05) is 22.0 Å². The fourth-order valence-electron chi connectivity index (χ4n) is 1.11. The fraction of sp³-hybridized carbons (Fsp3) is 0.300. The van der Waals surface area contributed by atoms with Gasteiger partial charge in [0.1, 0.15) is 4.83 Å². The molecule has 0 saturated heterocycles. The van der Waals surface area contributed by atoms with E-state index in [4.69, 9.17) is 10.00 Å². The number of benzene rings is 1. The lowest BCUT2D eigenvalue weighted by molar-refractivity contribution is -0.0512. The average molecular weight is 292 g/mol. The van der Waals surface area contributed by atoms with Crippen molar-refractivity contribution >= 4 is 15.9 Å². The first-order valence-corrected chi connectivity index (χ1v) is 5.16. The lowest BCUT2D eigenvalue weighted by atomic mass is 10.1. The summed E-state index contributed by atoms with van der Waals surface area (Å²) in [4.78, 5) is -0.571. The van der Waals surface area contributed by atoms with E-state index < -0.39 is 11.4 Å². The summed E-state index contributed by atoms with van der Waals surface area (Å²) in [6.07, 6.45) is 0. The summed E-state index contributed by atoms with van der Waals surface area (Å²) >= 11 is 3.09. The Morgan fingerprint density at radius 1 is 1.38 bits per heavy atom. The third-order valence-electron chi connectivity index (χ3n) is 1.81. The molecule has 0 aliphatic heterocycles. The van der Waals surface area contributed by atoms with E-state index in [1.165, 1.54) is 19.2 Å². The molecule has 0 aliphatic rings. The van der Waals surface area contributed by atoms with Crippen LogP contribution in [0.25, 0.3) is 0 Å². The first-order valence-electron chi connectivity index (χ1n) is 4.25. The monoisotopic (exact) mass is 291 g/mol. The second kappa shape index (κ2) is 5.66. The highest BCUT2D eigenvalue weighted by Crippen LogP contribution is 2.33. The standard InChI is InChI=1S/C10H8BrF2NO2/c1-15-8-3-2-6(7(11)5-14)4-9(8)16-10(12)13/h2-4,7,10H,1H3. The Labute approximate surface area is 99.7 Å². The zero-order chi connectivity index (χ0) is 12.1. The van der Waals surface area contributed by atoms with Gasteiger partial charge in [0.25, 0.3) is 0 Å². The maximum absolute atomic E-state index is 12.1. The number of hydrogen-bond donors (Lipinski definition) is 0. The highest BCUT2D eigenvalue weighted by molar-refractivity contribution is 9.09. The van der Waals surface area contributed by atoms with Gasteiger partial charge < -0.3 is 9.47 Å². The number of nitrogens with zero attached hydrogens (tertiary/aromatic N) is 1. The molecule has 1 atom stereocenters. The van der Waals surface area contributed by atoms with E-state index in [2.05, 4.69) is 20.7 Å². The van der Waals surface area contributed by atoms with Crippen LogP contribution in [-0.4, -0.2) is 13.7 Å². The van der Waals surface area contributed by atoms with Crippen LogP contribution in [0.15, 0.2) is 18.2 Å². The summed E-state index contributed by atoms with van der Waals surface area (Å²) in [6.45, 7) is -2.93. The van der Waals surface area contributed by atoms with E-state index in [1.807, 2.05) is 6.07 Å². The third-order valence-corrected chi connectivity index (χ3v) is 2.54. The molecular formula is C10H8BrF2NO2. The van der Waals surface area contributed by atoms with Gasteiger partial charge in [-0.15, -0.1) is 0 Å². The number of methoxy groups -OCH3 is 1. The molecule has 0 fully saturated rings. The van der Waals surface area contributed by atoms with E-state index >= 15 is 0 Å². The van der Waals surface area contributed by atoms with Gasteiger partial charge in [0.05, 0.1) is 13.2 Å². The Bertz CT molecular complexity index is 406. The summed E-state index contributed by atoms with van der Waals surface area (Å²) in [7, 11) is 1.35. The Kier molecular flexibility index (Phi) is 4.50. The minimum Gasteiger partial charge on any atom is -0.493 e. The Balaban J connectivity index is 3.06. The number of nitriles is 1. The van der Waals surface area contributed by atoms with Gasteiger partial charge in [-0.3, -0.25) is 0 Å². The summed E-state index contributed by atoms with van der Waals surface area (Å²) in [5, 5.41) is 8.67. The van der Waals surface area contributed by atoms with Crippen LogP contribution in [0.5, 0.6) is 11.5 Å². The quantitative estimate of drug-likeness (QED) is 0.800. The molecule has 0 radical (unpaired) electrons. The van der Waals surface area contributed by atoms with Crippen LogP contribution < -0.4 is 9.47 Å². The minimum atomic E-state index is -2.93. The van der Waals surface area contributed by atoms with E-state index in [0.717, 1.165) is 0 Å². The summed E-state index contributed by atoms with van der Waals surface area (Å²) in [5.74, 6) is 0.108. The van der Waals surface area contributed by atoms with Crippen LogP contribution in [0.2, 0.25) is 0 Å². The molecule has 0 bridgehead atoms. The zero-order valence-corrected chi connectivity index (χ0v) is 9.87. The van der Waals surface area contributed by atoms with Crippen LogP contribution in [0.3, 0.4) is 0 Å². The highest BCUT2D eigenvalue weighted by atomic mass is 79.9. The van der Waals surface area contributed by atoms with Crippen molar-refractivity contribution < 1.29 is 18.3 Å². The predicted octanol–water partition coefficient (Wildman–Crippen LogP) is 3.26. The number of rotatable bonds is 4. The van der Waals surface area contributed by atoms with Gasteiger partial charge in [0, 0.05) is 0 Å². The number of halogens is 3. The maximum Gasteiger partial charge on any atom is 0.387 e. The minimum absolute atomic E-state index is 0.0882. The van der Waals surface area contributed by atoms with Crippen molar-refractivity contribution in [2.75, 3.05) is 7.11 Å². The number of ether oxygens (including phenoxy) is 2. The average Bonchev–Trinajstić information content (AvgIpc) is 2.27. The molecule has 1 rings (SSSR count). The second-order valence-corrected chi connectivity index (χ2v) is 3.70. The molecule has 16 heavy (non-hydrogen) atoms. The van der Waals surface area contributed by atoms with Crippen LogP contribution in [0, 0.1) is 11.3 Å². The number of hydrogen-bond acceptors (Lipinski definition) is 3. The van der Waals surface area contributed by atoms with Crippen molar-refractivity contribution in [1.29, 1.82) is 5.26 Å². The van der Waals surface area contributed by atoms with Crippen molar-refractivity contribution in [3.05, 3.63) is 23.8 Å². The molecule has 3 nitrogen and oxygen atoms in total. The van der Waals surface area contributed by atoms with Crippen LogP contribution in [0.4, 0.5) is 8.78 Å².